The van der Waals surface area contributed by atoms with Crippen LogP contribution in [0.5, 0.6) is 0 Å². The lowest BCUT2D eigenvalue weighted by Gasteiger charge is -2.26. The summed E-state index contributed by atoms with van der Waals surface area (Å²) in [7, 11) is 0. The van der Waals surface area contributed by atoms with Crippen molar-refractivity contribution in [3.05, 3.63) is 192 Å². The van der Waals surface area contributed by atoms with E-state index in [1.54, 1.807) is 0 Å². The van der Waals surface area contributed by atoms with Crippen LogP contribution < -0.4 is 0 Å². The third kappa shape index (κ3) is 4.82. The van der Waals surface area contributed by atoms with Crippen molar-refractivity contribution in [2.75, 3.05) is 0 Å². The van der Waals surface area contributed by atoms with Gasteiger partial charge in [0.25, 0.3) is 0 Å². The van der Waals surface area contributed by atoms with Crippen LogP contribution >= 0.6 is 0 Å². The Morgan fingerprint density at radius 1 is 0.452 bits per heavy atom. The predicted molar refractivity (Wildman–Crippen MR) is 255 cm³/mol. The summed E-state index contributed by atoms with van der Waals surface area (Å²) in [4.78, 5) is 16.3. The molecule has 3 aliphatic carbocycles. The van der Waals surface area contributed by atoms with Gasteiger partial charge >= 0.3 is 0 Å². The molecular formula is C57H43N5. The summed E-state index contributed by atoms with van der Waals surface area (Å²) in [5.74, 6) is 1.92. The fourth-order valence-corrected chi connectivity index (χ4v) is 11.2. The van der Waals surface area contributed by atoms with Gasteiger partial charge in [-0.1, -0.05) is 149 Å². The lowest BCUT2D eigenvalue weighted by atomic mass is 9.78. The van der Waals surface area contributed by atoms with Gasteiger partial charge in [0.1, 0.15) is 0 Å². The molecule has 0 amide bonds. The van der Waals surface area contributed by atoms with Gasteiger partial charge in [-0.05, 0) is 100 Å². The van der Waals surface area contributed by atoms with Gasteiger partial charge in [-0.25, -0.2) is 4.98 Å². The lowest BCUT2D eigenvalue weighted by Crippen LogP contribution is -2.18. The summed E-state index contributed by atoms with van der Waals surface area (Å²) in [5.41, 5.74) is 18.0. The number of aromatic nitrogens is 5. The Labute approximate surface area is 360 Å². The molecule has 0 bridgehead atoms. The minimum atomic E-state index is -0.165. The Hall–Kier alpha value is -7.37. The molecule has 3 heterocycles. The first-order valence-electron chi connectivity index (χ1n) is 21.8. The molecule has 5 heteroatoms. The minimum absolute atomic E-state index is 0.0832. The largest absolute Gasteiger partial charge is 0.309 e. The molecule has 5 nitrogen and oxygen atoms in total. The van der Waals surface area contributed by atoms with Crippen molar-refractivity contribution < 1.29 is 0 Å². The van der Waals surface area contributed by atoms with Crippen LogP contribution in [0.4, 0.5) is 0 Å². The summed E-state index contributed by atoms with van der Waals surface area (Å²) in [6.07, 6.45) is 6.82. The van der Waals surface area contributed by atoms with E-state index < -0.39 is 0 Å². The first-order chi connectivity index (χ1) is 30.3. The summed E-state index contributed by atoms with van der Waals surface area (Å²) in [6, 6.07) is 55.2. The standard InChI is InChI=1S/C57H43N5/c1-56(2)45-22-12-8-18-37(45)39-28-26-34(30-47(39)56)53-58-54(35-27-29-40-38-19-9-13-23-46(38)57(3,4)48(40)31-35)60-55(59-53)62-50-25-15-11-21-42(50)44-32-43-41-20-10-14-24-49(41)61(51(43)33-52(44)62)36-16-6-5-7-17-36/h5-12,14-22,24-33H,13,23H2,1-4H3. The average molecular weight is 798 g/mol. The van der Waals surface area contributed by atoms with E-state index >= 15 is 0 Å². The van der Waals surface area contributed by atoms with E-state index in [9.17, 15) is 0 Å². The van der Waals surface area contributed by atoms with Crippen molar-refractivity contribution in [2.24, 2.45) is 0 Å². The zero-order valence-corrected chi connectivity index (χ0v) is 35.2. The van der Waals surface area contributed by atoms with E-state index in [0.717, 1.165) is 57.0 Å². The fourth-order valence-electron chi connectivity index (χ4n) is 11.2. The van der Waals surface area contributed by atoms with Gasteiger partial charge in [-0.15, -0.1) is 0 Å². The van der Waals surface area contributed by atoms with E-state index in [4.69, 9.17) is 15.0 Å². The first kappa shape index (κ1) is 35.4. The minimum Gasteiger partial charge on any atom is -0.309 e. The Bertz CT molecular complexity index is 3630. The van der Waals surface area contributed by atoms with E-state index in [-0.39, 0.29) is 10.8 Å². The van der Waals surface area contributed by atoms with Gasteiger partial charge in [0.05, 0.1) is 22.1 Å². The lowest BCUT2D eigenvalue weighted by molar-refractivity contribution is 0.607. The highest BCUT2D eigenvalue weighted by molar-refractivity contribution is 6.19. The second kappa shape index (κ2) is 12.6. The summed E-state index contributed by atoms with van der Waals surface area (Å²) < 4.78 is 4.65. The number of nitrogens with zero attached hydrogens (tertiary/aromatic N) is 5. The molecule has 13 rings (SSSR count). The Morgan fingerprint density at radius 2 is 1.03 bits per heavy atom. The van der Waals surface area contributed by atoms with Crippen LogP contribution in [0.2, 0.25) is 0 Å². The molecule has 62 heavy (non-hydrogen) atoms. The van der Waals surface area contributed by atoms with Crippen LogP contribution in [-0.4, -0.2) is 24.1 Å². The van der Waals surface area contributed by atoms with Crippen LogP contribution in [0, 0.1) is 0 Å². The molecule has 0 spiro atoms. The van der Waals surface area contributed by atoms with Gasteiger partial charge < -0.3 is 4.57 Å². The summed E-state index contributed by atoms with van der Waals surface area (Å²) in [5, 5.41) is 4.76. The molecule has 3 aliphatic rings. The number of benzene rings is 7. The average Bonchev–Trinajstić information content (AvgIpc) is 3.96. The van der Waals surface area contributed by atoms with Gasteiger partial charge in [0, 0.05) is 49.2 Å². The Balaban J connectivity index is 1.08. The zero-order valence-electron chi connectivity index (χ0n) is 35.2. The van der Waals surface area contributed by atoms with Crippen molar-refractivity contribution in [3.8, 4) is 45.5 Å². The zero-order chi connectivity index (χ0) is 41.5. The van der Waals surface area contributed by atoms with Crippen molar-refractivity contribution in [1.29, 1.82) is 0 Å². The number of fused-ring (bicyclic) bond motifs is 11. The molecule has 0 radical (unpaired) electrons. The van der Waals surface area contributed by atoms with E-state index in [2.05, 4.69) is 201 Å². The Kier molecular flexibility index (Phi) is 7.19. The molecule has 0 unspecified atom stereocenters. The highest BCUT2D eigenvalue weighted by Gasteiger charge is 2.38. The molecular weight excluding hydrogens is 755 g/mol. The molecule has 0 aliphatic heterocycles. The van der Waals surface area contributed by atoms with Crippen molar-refractivity contribution >= 4 is 49.2 Å². The van der Waals surface area contributed by atoms with Gasteiger partial charge in [0.2, 0.25) is 5.95 Å². The molecule has 0 fully saturated rings. The van der Waals surface area contributed by atoms with E-state index in [1.807, 2.05) is 0 Å². The maximum absolute atomic E-state index is 5.48. The predicted octanol–water partition coefficient (Wildman–Crippen LogP) is 14.1. The van der Waals surface area contributed by atoms with Crippen LogP contribution in [0.1, 0.15) is 62.8 Å². The number of hydrogen-bond donors (Lipinski definition) is 0. The van der Waals surface area contributed by atoms with Crippen molar-refractivity contribution in [1.82, 2.24) is 24.1 Å². The number of para-hydroxylation sites is 3. The van der Waals surface area contributed by atoms with Crippen molar-refractivity contribution in [3.63, 3.8) is 0 Å². The number of rotatable bonds is 4. The number of allylic oxidation sites excluding steroid dienone is 4. The second-order valence-corrected chi connectivity index (χ2v) is 18.4. The number of hydrogen-bond acceptors (Lipinski definition) is 3. The van der Waals surface area contributed by atoms with Crippen molar-refractivity contribution in [2.45, 2.75) is 51.4 Å². The summed E-state index contributed by atoms with van der Waals surface area (Å²) in [6.45, 7) is 9.40. The molecule has 0 saturated carbocycles. The highest BCUT2D eigenvalue weighted by atomic mass is 15.2. The molecule has 0 saturated heterocycles. The molecule has 0 atom stereocenters. The third-order valence-electron chi connectivity index (χ3n) is 14.3. The molecule has 10 aromatic rings. The SMILES string of the molecule is CC1(C)C2=C(C=CCC2)c2ccc(-c3nc(-c4ccc5c(c4)C(C)(C)c4ccccc4-5)nc(-n4c5ccccc5c5cc6c7ccccc7n(-c7ccccc7)c6cc54)n3)cc21. The Morgan fingerprint density at radius 3 is 1.76 bits per heavy atom. The molecule has 296 valence electrons. The van der Waals surface area contributed by atoms with Crippen LogP contribution in [0.3, 0.4) is 0 Å². The molecule has 3 aromatic heterocycles. The van der Waals surface area contributed by atoms with Gasteiger partial charge in [-0.2, -0.15) is 9.97 Å². The third-order valence-corrected chi connectivity index (χ3v) is 14.3. The maximum atomic E-state index is 5.48. The van der Waals surface area contributed by atoms with Crippen LogP contribution in [0.15, 0.2) is 169 Å². The molecule has 7 aromatic carbocycles. The quantitative estimate of drug-likeness (QED) is 0.178. The fraction of sp³-hybridized carbons (Fsp3) is 0.140. The first-order valence-corrected chi connectivity index (χ1v) is 21.8. The van der Waals surface area contributed by atoms with Crippen LogP contribution in [-0.2, 0) is 10.8 Å². The normalized spacial score (nSPS) is 15.7. The highest BCUT2D eigenvalue weighted by Crippen LogP contribution is 2.52. The van der Waals surface area contributed by atoms with Gasteiger partial charge in [-0.3, -0.25) is 4.57 Å². The van der Waals surface area contributed by atoms with Crippen LogP contribution in [0.25, 0.3) is 94.7 Å². The monoisotopic (exact) mass is 797 g/mol. The molecule has 0 N–H and O–H groups in total. The van der Waals surface area contributed by atoms with E-state index in [1.165, 1.54) is 60.8 Å². The maximum Gasteiger partial charge on any atom is 0.238 e. The smallest absolute Gasteiger partial charge is 0.238 e. The van der Waals surface area contributed by atoms with Gasteiger partial charge in [0.15, 0.2) is 11.6 Å². The topological polar surface area (TPSA) is 48.5 Å². The summed E-state index contributed by atoms with van der Waals surface area (Å²) >= 11 is 0. The van der Waals surface area contributed by atoms with E-state index in [0.29, 0.717) is 17.6 Å². The second-order valence-electron chi connectivity index (χ2n) is 18.4.